The second-order valence-electron chi connectivity index (χ2n) is 5.27. The van der Waals surface area contributed by atoms with E-state index in [9.17, 15) is 17.6 Å². The highest BCUT2D eigenvalue weighted by atomic mass is 19.2. The van der Waals surface area contributed by atoms with Gasteiger partial charge in [-0.05, 0) is 0 Å². The number of aromatic nitrogens is 1. The van der Waals surface area contributed by atoms with Crippen LogP contribution in [0.1, 0.15) is 5.56 Å². The van der Waals surface area contributed by atoms with Crippen LogP contribution in [0.25, 0.3) is 10.9 Å². The van der Waals surface area contributed by atoms with E-state index < -0.39 is 23.3 Å². The largest absolute Gasteiger partial charge is 0.358 e. The SMILES string of the molecule is C[N+](C)(C)Cc1c[nH]c2c(F)c(F)c(F)c(F)c12. The third-order valence-corrected chi connectivity index (χ3v) is 2.62. The molecule has 0 aliphatic carbocycles. The summed E-state index contributed by atoms with van der Waals surface area (Å²) in [6, 6.07) is 0. The van der Waals surface area contributed by atoms with Gasteiger partial charge in [-0.2, -0.15) is 0 Å². The molecule has 0 saturated carbocycles. The quantitative estimate of drug-likeness (QED) is 0.370. The molecule has 0 fully saturated rings. The van der Waals surface area contributed by atoms with E-state index in [-0.39, 0.29) is 10.9 Å². The second-order valence-corrected chi connectivity index (χ2v) is 5.27. The molecule has 0 saturated heterocycles. The highest BCUT2D eigenvalue weighted by Gasteiger charge is 2.25. The van der Waals surface area contributed by atoms with Crippen LogP contribution in [0.2, 0.25) is 0 Å². The van der Waals surface area contributed by atoms with Gasteiger partial charge in [-0.25, -0.2) is 17.6 Å². The number of fused-ring (bicyclic) bond motifs is 1. The van der Waals surface area contributed by atoms with Gasteiger partial charge in [0.15, 0.2) is 23.3 Å². The molecule has 18 heavy (non-hydrogen) atoms. The van der Waals surface area contributed by atoms with Crippen molar-refractivity contribution in [3.8, 4) is 0 Å². The molecule has 2 rings (SSSR count). The fourth-order valence-electron chi connectivity index (χ4n) is 1.94. The van der Waals surface area contributed by atoms with Gasteiger partial charge in [0.05, 0.1) is 32.0 Å². The van der Waals surface area contributed by atoms with E-state index in [0.717, 1.165) is 0 Å². The maximum atomic E-state index is 13.7. The Labute approximate surface area is 101 Å². The lowest BCUT2D eigenvalue weighted by atomic mass is 10.1. The first-order valence-corrected chi connectivity index (χ1v) is 5.34. The monoisotopic (exact) mass is 261 g/mol. The van der Waals surface area contributed by atoms with E-state index in [2.05, 4.69) is 4.98 Å². The lowest BCUT2D eigenvalue weighted by molar-refractivity contribution is -0.883. The normalized spacial score (nSPS) is 12.4. The van der Waals surface area contributed by atoms with Crippen molar-refractivity contribution in [1.82, 2.24) is 4.98 Å². The summed E-state index contributed by atoms with van der Waals surface area (Å²) in [6.45, 7) is 0.363. The highest BCUT2D eigenvalue weighted by Crippen LogP contribution is 2.29. The molecule has 0 unspecified atom stereocenters. The number of nitrogens with zero attached hydrogens (tertiary/aromatic N) is 1. The summed E-state index contributed by atoms with van der Waals surface area (Å²) in [4.78, 5) is 2.46. The zero-order valence-corrected chi connectivity index (χ0v) is 10.2. The van der Waals surface area contributed by atoms with Crippen molar-refractivity contribution in [2.75, 3.05) is 21.1 Å². The number of quaternary nitrogens is 1. The van der Waals surface area contributed by atoms with Crippen molar-refractivity contribution in [3.05, 3.63) is 35.0 Å². The Morgan fingerprint density at radius 2 is 1.50 bits per heavy atom. The maximum absolute atomic E-state index is 13.7. The Morgan fingerprint density at radius 3 is 2.06 bits per heavy atom. The Hall–Kier alpha value is -1.56. The predicted molar refractivity (Wildman–Crippen MR) is 59.9 cm³/mol. The van der Waals surface area contributed by atoms with Crippen LogP contribution >= 0.6 is 0 Å². The molecule has 0 atom stereocenters. The molecule has 1 N–H and O–H groups in total. The van der Waals surface area contributed by atoms with Gasteiger partial charge in [-0.3, -0.25) is 0 Å². The summed E-state index contributed by atoms with van der Waals surface area (Å²) < 4.78 is 53.9. The molecule has 6 heteroatoms. The molecule has 1 heterocycles. The molecule has 0 amide bonds. The van der Waals surface area contributed by atoms with E-state index in [1.165, 1.54) is 6.20 Å². The van der Waals surface area contributed by atoms with E-state index in [0.29, 0.717) is 16.6 Å². The van der Waals surface area contributed by atoms with Gasteiger partial charge < -0.3 is 9.47 Å². The maximum Gasteiger partial charge on any atom is 0.199 e. The first-order chi connectivity index (χ1) is 8.22. The summed E-state index contributed by atoms with van der Waals surface area (Å²) in [6.07, 6.45) is 1.37. The van der Waals surface area contributed by atoms with Crippen LogP contribution in [0.4, 0.5) is 17.6 Å². The number of benzene rings is 1. The Balaban J connectivity index is 2.73. The molecule has 98 valence electrons. The molecule has 0 aliphatic rings. The summed E-state index contributed by atoms with van der Waals surface area (Å²) in [5.74, 6) is -6.31. The van der Waals surface area contributed by atoms with Crippen LogP contribution in [0.15, 0.2) is 6.20 Å². The Bertz CT molecular complexity index is 611. The summed E-state index contributed by atoms with van der Waals surface area (Å²) in [7, 11) is 5.56. The van der Waals surface area contributed by atoms with Gasteiger partial charge in [-0.1, -0.05) is 0 Å². The Morgan fingerprint density at radius 1 is 0.944 bits per heavy atom. The minimum Gasteiger partial charge on any atom is -0.358 e. The summed E-state index contributed by atoms with van der Waals surface area (Å²) in [5, 5.41) is -0.223. The highest BCUT2D eigenvalue weighted by molar-refractivity contribution is 5.84. The van der Waals surface area contributed by atoms with Crippen LogP contribution in [-0.4, -0.2) is 30.6 Å². The second kappa shape index (κ2) is 3.98. The Kier molecular flexibility index (Phi) is 2.85. The fourth-order valence-corrected chi connectivity index (χ4v) is 1.94. The molecular formula is C12H13F4N2+. The molecular weight excluding hydrogens is 248 g/mol. The van der Waals surface area contributed by atoms with Crippen molar-refractivity contribution in [3.63, 3.8) is 0 Å². The van der Waals surface area contributed by atoms with E-state index in [1.807, 2.05) is 21.1 Å². The zero-order chi connectivity index (χ0) is 13.7. The molecule has 0 bridgehead atoms. The minimum absolute atomic E-state index is 0.223. The number of aromatic amines is 1. The van der Waals surface area contributed by atoms with Crippen LogP contribution in [0.5, 0.6) is 0 Å². The topological polar surface area (TPSA) is 15.8 Å². The van der Waals surface area contributed by atoms with Crippen molar-refractivity contribution in [1.29, 1.82) is 0 Å². The average molecular weight is 261 g/mol. The minimum atomic E-state index is -1.79. The summed E-state index contributed by atoms with van der Waals surface area (Å²) >= 11 is 0. The fraction of sp³-hybridized carbons (Fsp3) is 0.333. The van der Waals surface area contributed by atoms with Crippen molar-refractivity contribution >= 4 is 10.9 Å². The number of hydrogen-bond acceptors (Lipinski definition) is 0. The third-order valence-electron chi connectivity index (χ3n) is 2.62. The third kappa shape index (κ3) is 1.96. The van der Waals surface area contributed by atoms with Crippen LogP contribution in [0, 0.1) is 23.3 Å². The predicted octanol–water partition coefficient (Wildman–Crippen LogP) is 2.93. The van der Waals surface area contributed by atoms with E-state index in [1.54, 1.807) is 0 Å². The first-order valence-electron chi connectivity index (χ1n) is 5.34. The molecule has 0 spiro atoms. The van der Waals surface area contributed by atoms with Gasteiger partial charge in [0, 0.05) is 11.8 Å². The molecule has 0 radical (unpaired) electrons. The van der Waals surface area contributed by atoms with Gasteiger partial charge in [0.1, 0.15) is 6.54 Å². The average Bonchev–Trinajstić information content (AvgIpc) is 2.65. The number of hydrogen-bond donors (Lipinski definition) is 1. The van der Waals surface area contributed by atoms with Gasteiger partial charge in [-0.15, -0.1) is 0 Å². The first kappa shape index (κ1) is 12.9. The molecule has 1 aromatic carbocycles. The van der Waals surface area contributed by atoms with Crippen LogP contribution in [-0.2, 0) is 6.54 Å². The zero-order valence-electron chi connectivity index (χ0n) is 10.2. The smallest absolute Gasteiger partial charge is 0.199 e. The number of H-pyrrole nitrogens is 1. The van der Waals surface area contributed by atoms with Gasteiger partial charge >= 0.3 is 0 Å². The van der Waals surface area contributed by atoms with Crippen molar-refractivity contribution in [2.24, 2.45) is 0 Å². The number of nitrogens with one attached hydrogen (secondary N) is 1. The van der Waals surface area contributed by atoms with Gasteiger partial charge in [0.25, 0.3) is 0 Å². The molecule has 2 nitrogen and oxygen atoms in total. The lowest BCUT2D eigenvalue weighted by Crippen LogP contribution is -2.33. The van der Waals surface area contributed by atoms with E-state index in [4.69, 9.17) is 0 Å². The molecule has 1 aromatic heterocycles. The van der Waals surface area contributed by atoms with E-state index >= 15 is 0 Å². The standard InChI is InChI=1S/C12H13F4N2/c1-18(2,3)5-6-4-17-12-7(6)8(13)9(14)10(15)11(12)16/h4,17H,5H2,1-3H3/q+1. The number of rotatable bonds is 2. The molecule has 0 aliphatic heterocycles. The van der Waals surface area contributed by atoms with Crippen LogP contribution < -0.4 is 0 Å². The lowest BCUT2D eigenvalue weighted by Gasteiger charge is -2.23. The molecule has 2 aromatic rings. The summed E-state index contributed by atoms with van der Waals surface area (Å²) in [5.41, 5.74) is 0.0719. The van der Waals surface area contributed by atoms with Crippen molar-refractivity contribution in [2.45, 2.75) is 6.54 Å². The van der Waals surface area contributed by atoms with Crippen LogP contribution in [0.3, 0.4) is 0 Å². The number of halogens is 4. The van der Waals surface area contributed by atoms with Crippen molar-refractivity contribution < 1.29 is 22.0 Å². The van der Waals surface area contributed by atoms with Gasteiger partial charge in [0.2, 0.25) is 0 Å².